The average molecular weight is 316 g/mol. The predicted molar refractivity (Wildman–Crippen MR) is 97.1 cm³/mol. The number of aliphatic imine (C=N–C) groups is 1. The number of rotatable bonds is 5. The Morgan fingerprint density at radius 3 is 2.59 bits per heavy atom. The van der Waals surface area contributed by atoms with Crippen LogP contribution in [0.4, 0.5) is 17.1 Å². The van der Waals surface area contributed by atoms with Crippen LogP contribution in [0.5, 0.6) is 0 Å². The van der Waals surface area contributed by atoms with Crippen molar-refractivity contribution < 1.29 is 0 Å². The third-order valence-electron chi connectivity index (χ3n) is 3.50. The second kappa shape index (κ2) is 7.32. The number of hydrogen-bond donors (Lipinski definition) is 1. The number of benzene rings is 2. The van der Waals surface area contributed by atoms with E-state index in [1.165, 1.54) is 5.56 Å². The number of hydrogen-bond acceptors (Lipinski definition) is 2. The molecule has 0 heterocycles. The van der Waals surface area contributed by atoms with Gasteiger partial charge in [-0.05, 0) is 50.1 Å². The highest BCUT2D eigenvalue weighted by Crippen LogP contribution is 2.36. The normalized spacial score (nSPS) is 11.0. The Morgan fingerprint density at radius 1 is 1.18 bits per heavy atom. The van der Waals surface area contributed by atoms with Gasteiger partial charge in [-0.15, -0.1) is 0 Å². The second-order valence-corrected chi connectivity index (χ2v) is 5.78. The zero-order valence-electron chi connectivity index (χ0n) is 13.5. The summed E-state index contributed by atoms with van der Waals surface area (Å²) < 4.78 is 0. The van der Waals surface area contributed by atoms with Gasteiger partial charge in [-0.3, -0.25) is 0 Å². The molecule has 3 nitrogen and oxygen atoms in total. The van der Waals surface area contributed by atoms with Crippen molar-refractivity contribution in [1.82, 2.24) is 4.90 Å². The van der Waals surface area contributed by atoms with Crippen LogP contribution in [0, 0.1) is 13.8 Å². The summed E-state index contributed by atoms with van der Waals surface area (Å²) in [7, 11) is 1.99. The molecule has 0 amide bonds. The number of nitrogens with zero attached hydrogens (tertiary/aromatic N) is 2. The van der Waals surface area contributed by atoms with Crippen LogP contribution in [-0.4, -0.2) is 24.8 Å². The zero-order valence-corrected chi connectivity index (χ0v) is 14.3. The van der Waals surface area contributed by atoms with Crippen molar-refractivity contribution in [3.05, 3.63) is 52.5 Å². The van der Waals surface area contributed by atoms with Crippen LogP contribution in [0.2, 0.25) is 5.02 Å². The molecule has 116 valence electrons. The first-order valence-electron chi connectivity index (χ1n) is 7.38. The van der Waals surface area contributed by atoms with Gasteiger partial charge in [-0.1, -0.05) is 29.8 Å². The van der Waals surface area contributed by atoms with Crippen molar-refractivity contribution in [2.24, 2.45) is 4.99 Å². The molecule has 22 heavy (non-hydrogen) atoms. The summed E-state index contributed by atoms with van der Waals surface area (Å²) in [5.41, 5.74) is 5.00. The van der Waals surface area contributed by atoms with E-state index in [4.69, 9.17) is 11.6 Å². The Labute approximate surface area is 137 Å². The van der Waals surface area contributed by atoms with Crippen molar-refractivity contribution in [3.8, 4) is 0 Å². The number of nitrogens with one attached hydrogen (secondary N) is 1. The Bertz CT molecular complexity index is 680. The van der Waals surface area contributed by atoms with Gasteiger partial charge in [-0.2, -0.15) is 0 Å². The summed E-state index contributed by atoms with van der Waals surface area (Å²) in [4.78, 5) is 6.50. The maximum absolute atomic E-state index is 6.51. The molecule has 0 radical (unpaired) electrons. The molecule has 0 fully saturated rings. The topological polar surface area (TPSA) is 27.6 Å². The van der Waals surface area contributed by atoms with E-state index in [9.17, 15) is 0 Å². The Hall–Kier alpha value is -2.00. The average Bonchev–Trinajstić information content (AvgIpc) is 2.50. The first-order chi connectivity index (χ1) is 10.5. The quantitative estimate of drug-likeness (QED) is 0.598. The van der Waals surface area contributed by atoms with Crippen molar-refractivity contribution in [2.45, 2.75) is 20.8 Å². The molecule has 2 aromatic rings. The number of anilines is 2. The van der Waals surface area contributed by atoms with Crippen molar-refractivity contribution >= 4 is 35.0 Å². The molecule has 4 heteroatoms. The zero-order chi connectivity index (χ0) is 16.1. The number of halogens is 1. The fourth-order valence-corrected chi connectivity index (χ4v) is 2.24. The number of aryl methyl sites for hydroxylation is 2. The molecule has 0 unspecified atom stereocenters. The summed E-state index contributed by atoms with van der Waals surface area (Å²) in [6, 6.07) is 12.2. The van der Waals surface area contributed by atoms with Gasteiger partial charge < -0.3 is 10.2 Å². The van der Waals surface area contributed by atoms with E-state index in [0.717, 1.165) is 29.2 Å². The molecule has 0 aliphatic carbocycles. The van der Waals surface area contributed by atoms with Crippen LogP contribution in [-0.2, 0) is 0 Å². The third-order valence-corrected chi connectivity index (χ3v) is 3.90. The van der Waals surface area contributed by atoms with Crippen LogP contribution >= 0.6 is 11.6 Å². The van der Waals surface area contributed by atoms with Gasteiger partial charge in [0, 0.05) is 19.3 Å². The lowest BCUT2D eigenvalue weighted by Gasteiger charge is -2.14. The van der Waals surface area contributed by atoms with Crippen LogP contribution in [0.1, 0.15) is 18.1 Å². The summed E-state index contributed by atoms with van der Waals surface area (Å²) in [5, 5.41) is 4.04. The van der Waals surface area contributed by atoms with E-state index in [2.05, 4.69) is 30.2 Å². The van der Waals surface area contributed by atoms with Gasteiger partial charge in [-0.25, -0.2) is 4.99 Å². The molecule has 0 aromatic heterocycles. The van der Waals surface area contributed by atoms with Crippen molar-refractivity contribution in [3.63, 3.8) is 0 Å². The SMILES string of the molecule is CCN(C)C=Nc1cc(C)cc(Nc2ccccc2C)c1Cl. The highest BCUT2D eigenvalue weighted by molar-refractivity contribution is 6.36. The lowest BCUT2D eigenvalue weighted by molar-refractivity contribution is 0.552. The van der Waals surface area contributed by atoms with Gasteiger partial charge in [0.15, 0.2) is 0 Å². The predicted octanol–water partition coefficient (Wildman–Crippen LogP) is 5.31. The number of para-hydroxylation sites is 1. The molecule has 2 aromatic carbocycles. The molecule has 0 saturated heterocycles. The monoisotopic (exact) mass is 315 g/mol. The van der Waals surface area contributed by atoms with E-state index in [1.54, 1.807) is 6.34 Å². The van der Waals surface area contributed by atoms with Crippen molar-refractivity contribution in [2.75, 3.05) is 18.9 Å². The molecular formula is C18H22ClN3. The summed E-state index contributed by atoms with van der Waals surface area (Å²) in [6.07, 6.45) is 1.80. The molecule has 0 spiro atoms. The molecular weight excluding hydrogens is 294 g/mol. The lowest BCUT2D eigenvalue weighted by atomic mass is 10.1. The molecule has 0 aliphatic rings. The minimum atomic E-state index is 0.634. The highest BCUT2D eigenvalue weighted by Gasteiger charge is 2.08. The molecule has 0 aliphatic heterocycles. The largest absolute Gasteiger partial charge is 0.366 e. The van der Waals surface area contributed by atoms with Crippen LogP contribution in [0.25, 0.3) is 0 Å². The molecule has 0 bridgehead atoms. The van der Waals surface area contributed by atoms with Gasteiger partial charge >= 0.3 is 0 Å². The van der Waals surface area contributed by atoms with E-state index in [0.29, 0.717) is 5.02 Å². The Balaban J connectivity index is 2.35. The first-order valence-corrected chi connectivity index (χ1v) is 7.76. The van der Waals surface area contributed by atoms with Gasteiger partial charge in [0.05, 0.1) is 22.7 Å². The minimum absolute atomic E-state index is 0.634. The fraction of sp³-hybridized carbons (Fsp3) is 0.278. The van der Waals surface area contributed by atoms with E-state index < -0.39 is 0 Å². The van der Waals surface area contributed by atoms with Gasteiger partial charge in [0.25, 0.3) is 0 Å². The van der Waals surface area contributed by atoms with Crippen molar-refractivity contribution in [1.29, 1.82) is 0 Å². The summed E-state index contributed by atoms with van der Waals surface area (Å²) >= 11 is 6.51. The smallest absolute Gasteiger partial charge is 0.0910 e. The van der Waals surface area contributed by atoms with E-state index >= 15 is 0 Å². The molecule has 2 rings (SSSR count). The van der Waals surface area contributed by atoms with E-state index in [-0.39, 0.29) is 0 Å². The highest BCUT2D eigenvalue weighted by atomic mass is 35.5. The van der Waals surface area contributed by atoms with Crippen LogP contribution in [0.3, 0.4) is 0 Å². The third kappa shape index (κ3) is 4.01. The fourth-order valence-electron chi connectivity index (χ4n) is 2.04. The maximum atomic E-state index is 6.51. The van der Waals surface area contributed by atoms with Crippen LogP contribution < -0.4 is 5.32 Å². The summed E-state index contributed by atoms with van der Waals surface area (Å²) in [6.45, 7) is 7.10. The van der Waals surface area contributed by atoms with Gasteiger partial charge in [0.1, 0.15) is 0 Å². The molecule has 0 atom stereocenters. The molecule has 0 saturated carbocycles. The summed E-state index contributed by atoms with van der Waals surface area (Å²) in [5.74, 6) is 0. The maximum Gasteiger partial charge on any atom is 0.0910 e. The van der Waals surface area contributed by atoms with E-state index in [1.807, 2.05) is 49.2 Å². The molecule has 1 N–H and O–H groups in total. The van der Waals surface area contributed by atoms with Gasteiger partial charge in [0.2, 0.25) is 0 Å². The Kier molecular flexibility index (Phi) is 5.45. The standard InChI is InChI=1S/C18H22ClN3/c1-5-22(4)12-20-16-10-13(2)11-17(18(16)19)21-15-9-7-6-8-14(15)3/h6-12,21H,5H2,1-4H3. The minimum Gasteiger partial charge on any atom is -0.366 e. The Morgan fingerprint density at radius 2 is 1.91 bits per heavy atom. The van der Waals surface area contributed by atoms with Crippen LogP contribution in [0.15, 0.2) is 41.4 Å². The second-order valence-electron chi connectivity index (χ2n) is 5.40. The lowest BCUT2D eigenvalue weighted by Crippen LogP contribution is -2.14. The first kappa shape index (κ1) is 16.4.